The highest BCUT2D eigenvalue weighted by molar-refractivity contribution is 5.94. The highest BCUT2D eigenvalue weighted by Crippen LogP contribution is 2.24. The van der Waals surface area contributed by atoms with Gasteiger partial charge in [0.2, 0.25) is 0 Å². The first-order chi connectivity index (χ1) is 13.4. The van der Waals surface area contributed by atoms with E-state index in [2.05, 4.69) is 10.3 Å². The second-order valence-corrected chi connectivity index (χ2v) is 7.23. The Morgan fingerprint density at radius 1 is 1.18 bits per heavy atom. The van der Waals surface area contributed by atoms with Crippen molar-refractivity contribution in [3.63, 3.8) is 0 Å². The van der Waals surface area contributed by atoms with Gasteiger partial charge < -0.3 is 19.7 Å². The van der Waals surface area contributed by atoms with Gasteiger partial charge in [-0.3, -0.25) is 4.79 Å². The van der Waals surface area contributed by atoms with Crippen LogP contribution in [0.2, 0.25) is 0 Å². The van der Waals surface area contributed by atoms with Gasteiger partial charge in [0, 0.05) is 37.4 Å². The van der Waals surface area contributed by atoms with Crippen molar-refractivity contribution >= 4 is 17.6 Å². The number of carbonyl (C=O) groups excluding carboxylic acids is 2. The zero-order valence-corrected chi connectivity index (χ0v) is 15.5. The lowest BCUT2D eigenvalue weighted by molar-refractivity contribution is 0.0782. The Bertz CT molecular complexity index is 923. The number of nitrogens with zero attached hydrogens (tertiary/aromatic N) is 4. The van der Waals surface area contributed by atoms with E-state index in [9.17, 15) is 18.4 Å². The molecule has 1 unspecified atom stereocenters. The second kappa shape index (κ2) is 7.21. The minimum Gasteiger partial charge on any atom is -0.337 e. The molecule has 3 heterocycles. The van der Waals surface area contributed by atoms with Gasteiger partial charge in [0.15, 0.2) is 17.3 Å². The van der Waals surface area contributed by atoms with Crippen LogP contribution in [0, 0.1) is 11.6 Å². The van der Waals surface area contributed by atoms with Gasteiger partial charge in [-0.2, -0.15) is 0 Å². The molecule has 4 rings (SSSR count). The molecule has 9 heteroatoms. The molecule has 0 radical (unpaired) electrons. The number of likely N-dealkylation sites (tertiary alicyclic amines) is 1. The Kier molecular flexibility index (Phi) is 4.74. The fourth-order valence-electron chi connectivity index (χ4n) is 3.72. The molecule has 1 N–H and O–H groups in total. The molecule has 1 saturated heterocycles. The van der Waals surface area contributed by atoms with Gasteiger partial charge in [0.25, 0.3) is 5.91 Å². The van der Waals surface area contributed by atoms with Gasteiger partial charge >= 0.3 is 6.03 Å². The smallest absolute Gasteiger partial charge is 0.322 e. The molecular formula is C19H21F2N5O2. The Labute approximate surface area is 160 Å². The summed E-state index contributed by atoms with van der Waals surface area (Å²) in [7, 11) is 0. The number of anilines is 1. The maximum absolute atomic E-state index is 13.4. The number of imidazole rings is 1. The van der Waals surface area contributed by atoms with Gasteiger partial charge in [-0.05, 0) is 31.9 Å². The molecule has 0 saturated carbocycles. The Morgan fingerprint density at radius 2 is 1.93 bits per heavy atom. The summed E-state index contributed by atoms with van der Waals surface area (Å²) >= 11 is 0. The average Bonchev–Trinajstić information content (AvgIpc) is 3.33. The van der Waals surface area contributed by atoms with Crippen molar-refractivity contribution in [3.8, 4) is 0 Å². The summed E-state index contributed by atoms with van der Waals surface area (Å²) in [6, 6.07) is 2.62. The number of rotatable bonds is 2. The number of aromatic nitrogens is 2. The minimum atomic E-state index is -1.03. The van der Waals surface area contributed by atoms with Crippen molar-refractivity contribution in [2.75, 3.05) is 18.4 Å². The van der Waals surface area contributed by atoms with E-state index in [4.69, 9.17) is 0 Å². The van der Waals surface area contributed by atoms with Crippen molar-refractivity contribution in [2.24, 2.45) is 0 Å². The lowest BCUT2D eigenvalue weighted by atomic mass is 10.1. The molecule has 1 aromatic carbocycles. The number of benzene rings is 1. The fourth-order valence-corrected chi connectivity index (χ4v) is 3.72. The molecule has 2 aliphatic heterocycles. The first kappa shape index (κ1) is 18.4. The first-order valence-corrected chi connectivity index (χ1v) is 9.30. The lowest BCUT2D eigenvalue weighted by Gasteiger charge is -2.34. The summed E-state index contributed by atoms with van der Waals surface area (Å²) in [6.45, 7) is 4.05. The van der Waals surface area contributed by atoms with Crippen LogP contribution in [-0.2, 0) is 13.1 Å². The van der Waals surface area contributed by atoms with E-state index in [-0.39, 0.29) is 24.2 Å². The van der Waals surface area contributed by atoms with Gasteiger partial charge in [-0.1, -0.05) is 0 Å². The summed E-state index contributed by atoms with van der Waals surface area (Å²) in [5.41, 5.74) is 1.23. The van der Waals surface area contributed by atoms with Crippen LogP contribution in [0.1, 0.15) is 35.9 Å². The third-order valence-corrected chi connectivity index (χ3v) is 5.29. The Morgan fingerprint density at radius 3 is 2.64 bits per heavy atom. The van der Waals surface area contributed by atoms with E-state index in [0.717, 1.165) is 38.1 Å². The number of amides is 3. The topological polar surface area (TPSA) is 70.5 Å². The quantitative estimate of drug-likeness (QED) is 0.859. The van der Waals surface area contributed by atoms with E-state index in [1.165, 1.54) is 6.07 Å². The molecule has 28 heavy (non-hydrogen) atoms. The van der Waals surface area contributed by atoms with E-state index >= 15 is 0 Å². The Balaban J connectivity index is 1.53. The summed E-state index contributed by atoms with van der Waals surface area (Å²) in [5, 5.41) is 2.59. The van der Waals surface area contributed by atoms with E-state index in [1.54, 1.807) is 16.1 Å². The van der Waals surface area contributed by atoms with Crippen LogP contribution in [0.15, 0.2) is 24.5 Å². The maximum Gasteiger partial charge on any atom is 0.322 e. The predicted molar refractivity (Wildman–Crippen MR) is 97.7 cm³/mol. The number of hydrogen-bond donors (Lipinski definition) is 1. The van der Waals surface area contributed by atoms with Crippen molar-refractivity contribution < 1.29 is 18.4 Å². The van der Waals surface area contributed by atoms with Crippen LogP contribution >= 0.6 is 0 Å². The predicted octanol–water partition coefficient (Wildman–Crippen LogP) is 2.83. The van der Waals surface area contributed by atoms with E-state index < -0.39 is 17.7 Å². The summed E-state index contributed by atoms with van der Waals surface area (Å²) < 4.78 is 28.4. The van der Waals surface area contributed by atoms with Crippen molar-refractivity contribution in [3.05, 3.63) is 47.5 Å². The molecule has 0 bridgehead atoms. The lowest BCUT2D eigenvalue weighted by Crippen LogP contribution is -2.47. The summed E-state index contributed by atoms with van der Waals surface area (Å²) in [6.07, 6.45) is 3.61. The molecule has 1 atom stereocenters. The number of nitrogens with one attached hydrogen (secondary N) is 1. The van der Waals surface area contributed by atoms with Crippen molar-refractivity contribution in [1.82, 2.24) is 19.4 Å². The normalized spacial score (nSPS) is 18.9. The average molecular weight is 389 g/mol. The minimum absolute atomic E-state index is 0.109. The van der Waals surface area contributed by atoms with E-state index in [1.807, 2.05) is 11.5 Å². The molecule has 1 fully saturated rings. The highest BCUT2D eigenvalue weighted by atomic mass is 19.2. The number of carbonyl (C=O) groups is 2. The van der Waals surface area contributed by atoms with Crippen molar-refractivity contribution in [2.45, 2.75) is 38.9 Å². The fraction of sp³-hybridized carbons (Fsp3) is 0.421. The van der Waals surface area contributed by atoms with Crippen LogP contribution in [-0.4, -0.2) is 50.4 Å². The molecule has 2 aromatic rings. The standard InChI is InChI=1S/C19H21F2N5O2/c1-12-9-25-11-22-17(18(27)24-6-2-3-7-24)16(25)10-26(12)19(28)23-13-4-5-14(20)15(21)8-13/h4-5,8,11-12H,2-3,6-7,9-10H2,1H3,(H,23,28). The summed E-state index contributed by atoms with van der Waals surface area (Å²) in [5.74, 6) is -2.11. The van der Waals surface area contributed by atoms with Crippen LogP contribution in [0.3, 0.4) is 0 Å². The SMILES string of the molecule is CC1Cn2cnc(C(=O)N3CCCC3)c2CN1C(=O)Nc1ccc(F)c(F)c1. The molecular weight excluding hydrogens is 368 g/mol. The van der Waals surface area contributed by atoms with E-state index in [0.29, 0.717) is 17.9 Å². The number of fused-ring (bicyclic) bond motifs is 1. The first-order valence-electron chi connectivity index (χ1n) is 9.30. The van der Waals surface area contributed by atoms with Crippen LogP contribution < -0.4 is 5.32 Å². The maximum atomic E-state index is 13.4. The van der Waals surface area contributed by atoms with Gasteiger partial charge in [0.1, 0.15) is 0 Å². The van der Waals surface area contributed by atoms with Crippen LogP contribution in [0.25, 0.3) is 0 Å². The molecule has 148 valence electrons. The zero-order chi connectivity index (χ0) is 19.8. The van der Waals surface area contributed by atoms with Crippen molar-refractivity contribution in [1.29, 1.82) is 0 Å². The highest BCUT2D eigenvalue weighted by Gasteiger charge is 2.33. The zero-order valence-electron chi connectivity index (χ0n) is 15.5. The number of hydrogen-bond acceptors (Lipinski definition) is 3. The van der Waals surface area contributed by atoms with Gasteiger partial charge in [-0.15, -0.1) is 0 Å². The third kappa shape index (κ3) is 3.32. The number of urea groups is 1. The van der Waals surface area contributed by atoms with Crippen LogP contribution in [0.4, 0.5) is 19.3 Å². The Hall–Kier alpha value is -2.97. The third-order valence-electron chi connectivity index (χ3n) is 5.29. The molecule has 2 aliphatic rings. The second-order valence-electron chi connectivity index (χ2n) is 7.23. The molecule has 0 aliphatic carbocycles. The van der Waals surface area contributed by atoms with Gasteiger partial charge in [-0.25, -0.2) is 18.6 Å². The largest absolute Gasteiger partial charge is 0.337 e. The summed E-state index contributed by atoms with van der Waals surface area (Å²) in [4.78, 5) is 33.1. The number of halogens is 2. The molecule has 3 amide bonds. The molecule has 7 nitrogen and oxygen atoms in total. The molecule has 0 spiro atoms. The monoisotopic (exact) mass is 389 g/mol. The van der Waals surface area contributed by atoms with Crippen LogP contribution in [0.5, 0.6) is 0 Å². The van der Waals surface area contributed by atoms with Gasteiger partial charge in [0.05, 0.1) is 18.6 Å². The molecule has 1 aromatic heterocycles.